The minimum atomic E-state index is -3.85. The molecule has 8 heteroatoms. The molecule has 1 aliphatic rings. The van der Waals surface area contributed by atoms with Crippen molar-refractivity contribution in [2.75, 3.05) is 17.5 Å². The van der Waals surface area contributed by atoms with Crippen LogP contribution in [0.15, 0.2) is 88.2 Å². The van der Waals surface area contributed by atoms with Crippen LogP contribution in [0.25, 0.3) is 11.0 Å². The number of ether oxygens (including phenoxy) is 1. The molecule has 5 rings (SSSR count). The molecule has 0 bridgehead atoms. The second kappa shape index (κ2) is 8.22. The van der Waals surface area contributed by atoms with Gasteiger partial charge in [0.15, 0.2) is 12.4 Å². The van der Waals surface area contributed by atoms with Crippen molar-refractivity contribution in [1.82, 2.24) is 0 Å². The van der Waals surface area contributed by atoms with Crippen molar-refractivity contribution < 1.29 is 27.2 Å². The third-order valence-corrected chi connectivity index (χ3v) is 7.35. The van der Waals surface area contributed by atoms with Crippen LogP contribution in [0, 0.1) is 0 Å². The summed E-state index contributed by atoms with van der Waals surface area (Å²) in [5, 5.41) is 0.772. The first-order chi connectivity index (χ1) is 15.9. The van der Waals surface area contributed by atoms with Crippen LogP contribution >= 0.6 is 0 Å². The zero-order valence-corrected chi connectivity index (χ0v) is 18.2. The minimum Gasteiger partial charge on any atom is -0.454 e. The van der Waals surface area contributed by atoms with Gasteiger partial charge in [0.05, 0.1) is 16.1 Å². The summed E-state index contributed by atoms with van der Waals surface area (Å²) in [5.41, 5.74) is 2.21. The second-order valence-corrected chi connectivity index (χ2v) is 9.49. The van der Waals surface area contributed by atoms with Crippen molar-refractivity contribution in [1.29, 1.82) is 0 Å². The third kappa shape index (κ3) is 3.89. The maximum Gasteiger partial charge on any atom is 0.338 e. The molecule has 0 unspecified atom stereocenters. The lowest BCUT2D eigenvalue weighted by Crippen LogP contribution is -2.29. The number of sulfonamides is 1. The summed E-state index contributed by atoms with van der Waals surface area (Å²) in [5.74, 6) is -1.19. The van der Waals surface area contributed by atoms with Gasteiger partial charge >= 0.3 is 5.97 Å². The van der Waals surface area contributed by atoms with E-state index in [0.717, 1.165) is 10.9 Å². The molecule has 0 spiro atoms. The lowest BCUT2D eigenvalue weighted by Gasteiger charge is -2.19. The highest BCUT2D eigenvalue weighted by Crippen LogP contribution is 2.32. The Balaban J connectivity index is 1.31. The van der Waals surface area contributed by atoms with Crippen molar-refractivity contribution in [2.24, 2.45) is 0 Å². The molecule has 2 heterocycles. The molecule has 33 heavy (non-hydrogen) atoms. The quantitative estimate of drug-likeness (QED) is 0.315. The Kier molecular flexibility index (Phi) is 5.22. The van der Waals surface area contributed by atoms with Crippen LogP contribution in [0.4, 0.5) is 5.69 Å². The van der Waals surface area contributed by atoms with E-state index < -0.39 is 28.4 Å². The standard InChI is InChI=1S/C25H19NO6S/c27-22(24-15-18-7-2-4-11-23(18)32-24)16-31-25(28)19-8-5-9-20(14-19)33(29,30)26-13-12-17-6-1-3-10-21(17)26/h1-11,14-15H,12-13,16H2. The average molecular weight is 461 g/mol. The van der Waals surface area contributed by atoms with Gasteiger partial charge in [-0.05, 0) is 48.4 Å². The van der Waals surface area contributed by atoms with Gasteiger partial charge in [0.1, 0.15) is 5.58 Å². The first kappa shape index (κ1) is 21.0. The van der Waals surface area contributed by atoms with E-state index in [1.807, 2.05) is 24.3 Å². The summed E-state index contributed by atoms with van der Waals surface area (Å²) in [4.78, 5) is 24.9. The molecule has 0 aliphatic carbocycles. The van der Waals surface area contributed by atoms with Crippen molar-refractivity contribution in [2.45, 2.75) is 11.3 Å². The summed E-state index contributed by atoms with van der Waals surface area (Å²) >= 11 is 0. The summed E-state index contributed by atoms with van der Waals surface area (Å²) < 4.78 is 38.4. The first-order valence-electron chi connectivity index (χ1n) is 10.3. The predicted molar refractivity (Wildman–Crippen MR) is 122 cm³/mol. The molecule has 0 amide bonds. The topological polar surface area (TPSA) is 93.9 Å². The lowest BCUT2D eigenvalue weighted by molar-refractivity contribution is 0.0468. The number of benzene rings is 3. The van der Waals surface area contributed by atoms with E-state index in [2.05, 4.69) is 0 Å². The first-order valence-corrected chi connectivity index (χ1v) is 11.8. The predicted octanol–water partition coefficient (Wildman–Crippen LogP) is 4.22. The molecule has 3 aromatic carbocycles. The van der Waals surface area contributed by atoms with Crippen LogP contribution in [0.1, 0.15) is 26.5 Å². The number of nitrogens with zero attached hydrogens (tertiary/aromatic N) is 1. The molecule has 0 atom stereocenters. The minimum absolute atomic E-state index is 0.0164. The van der Waals surface area contributed by atoms with Crippen molar-refractivity contribution in [3.63, 3.8) is 0 Å². The fourth-order valence-electron chi connectivity index (χ4n) is 3.87. The van der Waals surface area contributed by atoms with Gasteiger partial charge in [-0.3, -0.25) is 9.10 Å². The SMILES string of the molecule is O=C(OCC(=O)c1cc2ccccc2o1)c1cccc(S(=O)(=O)N2CCc3ccccc32)c1. The number of ketones is 1. The molecule has 4 aromatic rings. The van der Waals surface area contributed by atoms with Gasteiger partial charge in [-0.1, -0.05) is 42.5 Å². The second-order valence-electron chi connectivity index (χ2n) is 7.63. The van der Waals surface area contributed by atoms with E-state index in [4.69, 9.17) is 9.15 Å². The Bertz CT molecular complexity index is 1450. The number of Topliss-reactive ketones (excluding diaryl/α,β-unsaturated/α-hetero) is 1. The molecular formula is C25H19NO6S. The molecule has 166 valence electrons. The number of furan rings is 1. The van der Waals surface area contributed by atoms with Gasteiger partial charge in [0.25, 0.3) is 10.0 Å². The molecular weight excluding hydrogens is 442 g/mol. The molecule has 0 radical (unpaired) electrons. The zero-order chi connectivity index (χ0) is 23.0. The largest absolute Gasteiger partial charge is 0.454 e. The summed E-state index contributed by atoms with van der Waals surface area (Å²) in [7, 11) is -3.85. The van der Waals surface area contributed by atoms with E-state index in [-0.39, 0.29) is 16.2 Å². The molecule has 1 aliphatic heterocycles. The van der Waals surface area contributed by atoms with Crippen LogP contribution in [-0.2, 0) is 21.2 Å². The van der Waals surface area contributed by atoms with Crippen molar-refractivity contribution in [3.05, 3.63) is 95.7 Å². The number of rotatable bonds is 6. The monoisotopic (exact) mass is 461 g/mol. The van der Waals surface area contributed by atoms with Crippen LogP contribution < -0.4 is 4.31 Å². The highest BCUT2D eigenvalue weighted by Gasteiger charge is 2.31. The fourth-order valence-corrected chi connectivity index (χ4v) is 5.42. The number of carbonyl (C=O) groups is 2. The molecule has 7 nitrogen and oxygen atoms in total. The Hall–Kier alpha value is -3.91. The number of para-hydroxylation sites is 2. The van der Waals surface area contributed by atoms with Gasteiger partial charge in [-0.15, -0.1) is 0 Å². The van der Waals surface area contributed by atoms with Gasteiger partial charge in [0.2, 0.25) is 5.78 Å². The summed E-state index contributed by atoms with van der Waals surface area (Å²) in [6.07, 6.45) is 0.626. The van der Waals surface area contributed by atoms with E-state index >= 15 is 0 Å². The third-order valence-electron chi connectivity index (χ3n) is 5.54. The molecule has 0 N–H and O–H groups in total. The Labute approximate surface area is 190 Å². The number of carbonyl (C=O) groups excluding carboxylic acids is 2. The van der Waals surface area contributed by atoms with E-state index in [9.17, 15) is 18.0 Å². The number of hydrogen-bond donors (Lipinski definition) is 0. The van der Waals surface area contributed by atoms with Gasteiger partial charge in [0, 0.05) is 11.9 Å². The van der Waals surface area contributed by atoms with Crippen LogP contribution in [0.5, 0.6) is 0 Å². The van der Waals surface area contributed by atoms with Crippen molar-refractivity contribution in [3.8, 4) is 0 Å². The summed E-state index contributed by atoms with van der Waals surface area (Å²) in [6, 6.07) is 21.7. The number of fused-ring (bicyclic) bond motifs is 2. The number of hydrogen-bond acceptors (Lipinski definition) is 6. The Morgan fingerprint density at radius 3 is 2.58 bits per heavy atom. The van der Waals surface area contributed by atoms with E-state index in [1.54, 1.807) is 30.3 Å². The van der Waals surface area contributed by atoms with Crippen LogP contribution in [-0.4, -0.2) is 33.3 Å². The van der Waals surface area contributed by atoms with E-state index in [1.165, 1.54) is 28.6 Å². The zero-order valence-electron chi connectivity index (χ0n) is 17.4. The Morgan fingerprint density at radius 1 is 0.939 bits per heavy atom. The smallest absolute Gasteiger partial charge is 0.338 e. The maximum absolute atomic E-state index is 13.2. The average Bonchev–Trinajstić information content (AvgIpc) is 3.47. The van der Waals surface area contributed by atoms with Crippen molar-refractivity contribution >= 4 is 38.4 Å². The molecule has 0 saturated heterocycles. The van der Waals surface area contributed by atoms with Crippen LogP contribution in [0.2, 0.25) is 0 Å². The van der Waals surface area contributed by atoms with E-state index in [0.29, 0.717) is 24.2 Å². The maximum atomic E-state index is 13.2. The number of anilines is 1. The fraction of sp³-hybridized carbons (Fsp3) is 0.120. The normalized spacial score (nSPS) is 13.2. The highest BCUT2D eigenvalue weighted by molar-refractivity contribution is 7.92. The molecule has 0 fully saturated rings. The van der Waals surface area contributed by atoms with Gasteiger partial charge < -0.3 is 9.15 Å². The lowest BCUT2D eigenvalue weighted by atomic mass is 10.2. The number of esters is 1. The van der Waals surface area contributed by atoms with Gasteiger partial charge in [-0.2, -0.15) is 0 Å². The molecule has 1 aromatic heterocycles. The van der Waals surface area contributed by atoms with Crippen LogP contribution in [0.3, 0.4) is 0 Å². The Morgan fingerprint density at radius 2 is 1.73 bits per heavy atom. The molecule has 0 saturated carbocycles. The van der Waals surface area contributed by atoms with Gasteiger partial charge in [-0.25, -0.2) is 13.2 Å². The highest BCUT2D eigenvalue weighted by atomic mass is 32.2. The summed E-state index contributed by atoms with van der Waals surface area (Å²) in [6.45, 7) is -0.183.